The maximum atomic E-state index is 13.5. The predicted molar refractivity (Wildman–Crippen MR) is 123 cm³/mol. The molecule has 0 N–H and O–H groups in total. The highest BCUT2D eigenvalue weighted by molar-refractivity contribution is 6.30. The van der Waals surface area contributed by atoms with E-state index in [9.17, 15) is 4.79 Å². The van der Waals surface area contributed by atoms with Crippen LogP contribution in [-0.2, 0) is 20.0 Å². The minimum Gasteiger partial charge on any atom is -0.334 e. The molecule has 0 spiro atoms. The van der Waals surface area contributed by atoms with Crippen LogP contribution in [0.4, 0.5) is 0 Å². The Bertz CT molecular complexity index is 1280. The summed E-state index contributed by atoms with van der Waals surface area (Å²) >= 11 is 6.17. The number of carbonyl (C=O) groups excluding carboxylic acids is 1. The largest absolute Gasteiger partial charge is 0.334 e. The van der Waals surface area contributed by atoms with Crippen molar-refractivity contribution < 1.29 is 4.79 Å². The van der Waals surface area contributed by atoms with Crippen molar-refractivity contribution in [1.82, 2.24) is 24.4 Å². The van der Waals surface area contributed by atoms with E-state index >= 15 is 0 Å². The van der Waals surface area contributed by atoms with Gasteiger partial charge in [-0.25, -0.2) is 15.0 Å². The van der Waals surface area contributed by atoms with Crippen molar-refractivity contribution in [2.45, 2.75) is 26.8 Å². The Labute approximate surface area is 186 Å². The number of imidazole rings is 1. The van der Waals surface area contributed by atoms with Gasteiger partial charge in [-0.2, -0.15) is 0 Å². The Balaban J connectivity index is 1.77. The number of carbonyl (C=O) groups is 1. The highest BCUT2D eigenvalue weighted by Crippen LogP contribution is 2.25. The molecule has 0 atom stereocenters. The van der Waals surface area contributed by atoms with Crippen LogP contribution in [0.5, 0.6) is 0 Å². The molecule has 0 saturated heterocycles. The molecular formula is C24H24ClN5O. The van der Waals surface area contributed by atoms with Crippen LogP contribution >= 0.6 is 11.6 Å². The molecule has 2 aromatic heterocycles. The maximum absolute atomic E-state index is 13.5. The number of rotatable bonds is 5. The number of hydrogen-bond donors (Lipinski definition) is 0. The molecule has 2 aromatic carbocycles. The van der Waals surface area contributed by atoms with Gasteiger partial charge in [0, 0.05) is 36.5 Å². The molecule has 31 heavy (non-hydrogen) atoms. The average Bonchev–Trinajstić information content (AvgIpc) is 3.11. The fourth-order valence-corrected chi connectivity index (χ4v) is 3.81. The van der Waals surface area contributed by atoms with E-state index < -0.39 is 0 Å². The summed E-state index contributed by atoms with van der Waals surface area (Å²) in [6, 6.07) is 13.2. The third-order valence-electron chi connectivity index (χ3n) is 5.38. The molecule has 0 fully saturated rings. The summed E-state index contributed by atoms with van der Waals surface area (Å²) in [6.45, 7) is 4.49. The topological polar surface area (TPSA) is 63.9 Å². The zero-order valence-electron chi connectivity index (χ0n) is 18.1. The Kier molecular flexibility index (Phi) is 5.74. The van der Waals surface area contributed by atoms with Gasteiger partial charge in [-0.15, -0.1) is 0 Å². The lowest BCUT2D eigenvalue weighted by molar-refractivity contribution is 0.0778. The number of fused-ring (bicyclic) bond motifs is 1. The lowest BCUT2D eigenvalue weighted by Gasteiger charge is -2.19. The number of benzene rings is 2. The highest BCUT2D eigenvalue weighted by atomic mass is 35.5. The Morgan fingerprint density at radius 3 is 2.68 bits per heavy atom. The van der Waals surface area contributed by atoms with Crippen molar-refractivity contribution in [1.29, 1.82) is 0 Å². The monoisotopic (exact) mass is 433 g/mol. The second kappa shape index (κ2) is 8.47. The van der Waals surface area contributed by atoms with Crippen molar-refractivity contribution in [3.63, 3.8) is 0 Å². The first kappa shape index (κ1) is 21.0. The van der Waals surface area contributed by atoms with Crippen LogP contribution in [0.3, 0.4) is 0 Å². The summed E-state index contributed by atoms with van der Waals surface area (Å²) < 4.78 is 2.03. The van der Waals surface area contributed by atoms with Gasteiger partial charge in [0.05, 0.1) is 24.0 Å². The van der Waals surface area contributed by atoms with Crippen LogP contribution in [0.25, 0.3) is 22.3 Å². The van der Waals surface area contributed by atoms with Crippen LogP contribution in [0.15, 0.2) is 48.7 Å². The van der Waals surface area contributed by atoms with Gasteiger partial charge in [0.2, 0.25) is 0 Å². The molecule has 0 bridgehead atoms. The molecule has 7 heteroatoms. The molecule has 0 saturated carbocycles. The van der Waals surface area contributed by atoms with Gasteiger partial charge in [0.1, 0.15) is 11.5 Å². The maximum Gasteiger partial charge on any atom is 0.273 e. The van der Waals surface area contributed by atoms with Gasteiger partial charge in [0.15, 0.2) is 5.82 Å². The first-order valence-corrected chi connectivity index (χ1v) is 10.5. The lowest BCUT2D eigenvalue weighted by Crippen LogP contribution is -2.28. The van der Waals surface area contributed by atoms with Crippen molar-refractivity contribution in [2.75, 3.05) is 7.05 Å². The Morgan fingerprint density at radius 2 is 1.97 bits per heavy atom. The van der Waals surface area contributed by atoms with Crippen LogP contribution in [0, 0.1) is 6.92 Å². The molecule has 158 valence electrons. The Hall–Kier alpha value is -3.25. The van der Waals surface area contributed by atoms with E-state index in [0.29, 0.717) is 23.1 Å². The fraction of sp³-hybridized carbons (Fsp3) is 0.250. The van der Waals surface area contributed by atoms with E-state index in [2.05, 4.69) is 21.9 Å². The van der Waals surface area contributed by atoms with Crippen LogP contribution in [0.2, 0.25) is 5.02 Å². The SMILES string of the molecule is CCc1ncc(CN(C)C(=O)c2nc(-c3cccc(Cl)c3)nc3ccc(C)cc23)n1C. The number of hydrogen-bond acceptors (Lipinski definition) is 4. The van der Waals surface area contributed by atoms with E-state index in [0.717, 1.165) is 40.0 Å². The summed E-state index contributed by atoms with van der Waals surface area (Å²) in [5, 5.41) is 1.33. The van der Waals surface area contributed by atoms with Gasteiger partial charge in [-0.3, -0.25) is 4.79 Å². The molecule has 2 heterocycles. The first-order chi connectivity index (χ1) is 14.9. The normalized spacial score (nSPS) is 11.1. The minimum atomic E-state index is -0.166. The number of aryl methyl sites for hydroxylation is 2. The predicted octanol–water partition coefficient (Wildman–Crippen LogP) is 4.83. The number of amides is 1. The van der Waals surface area contributed by atoms with E-state index in [1.807, 2.05) is 55.1 Å². The van der Waals surface area contributed by atoms with Crippen LogP contribution in [0.1, 0.15) is 34.5 Å². The molecule has 0 aliphatic carbocycles. The zero-order valence-corrected chi connectivity index (χ0v) is 18.8. The van der Waals surface area contributed by atoms with Gasteiger partial charge in [-0.05, 0) is 31.2 Å². The Morgan fingerprint density at radius 1 is 1.16 bits per heavy atom. The summed E-state index contributed by atoms with van der Waals surface area (Å²) in [5.41, 5.74) is 3.89. The third-order valence-corrected chi connectivity index (χ3v) is 5.61. The summed E-state index contributed by atoms with van der Waals surface area (Å²) in [4.78, 5) is 29.0. The lowest BCUT2D eigenvalue weighted by atomic mass is 10.1. The minimum absolute atomic E-state index is 0.166. The number of halogens is 1. The third kappa shape index (κ3) is 4.16. The average molecular weight is 434 g/mol. The molecule has 1 amide bonds. The van der Waals surface area contributed by atoms with E-state index in [4.69, 9.17) is 11.6 Å². The molecule has 6 nitrogen and oxygen atoms in total. The summed E-state index contributed by atoms with van der Waals surface area (Å²) in [7, 11) is 3.75. The number of aromatic nitrogens is 4. The van der Waals surface area contributed by atoms with E-state index in [1.165, 1.54) is 0 Å². The molecule has 4 aromatic rings. The summed E-state index contributed by atoms with van der Waals surface area (Å²) in [6.07, 6.45) is 2.66. The van der Waals surface area contributed by atoms with Gasteiger partial charge in [-0.1, -0.05) is 42.3 Å². The molecule has 0 radical (unpaired) electrons. The molecule has 0 unspecified atom stereocenters. The zero-order chi connectivity index (χ0) is 22.1. The van der Waals surface area contributed by atoms with Gasteiger partial charge in [0.25, 0.3) is 5.91 Å². The number of nitrogens with zero attached hydrogens (tertiary/aromatic N) is 5. The van der Waals surface area contributed by atoms with Gasteiger partial charge < -0.3 is 9.47 Å². The highest BCUT2D eigenvalue weighted by Gasteiger charge is 2.21. The summed E-state index contributed by atoms with van der Waals surface area (Å²) in [5.74, 6) is 1.30. The van der Waals surface area contributed by atoms with E-state index in [1.54, 1.807) is 24.1 Å². The smallest absolute Gasteiger partial charge is 0.273 e. The van der Waals surface area contributed by atoms with E-state index in [-0.39, 0.29) is 5.91 Å². The van der Waals surface area contributed by atoms with Crippen LogP contribution < -0.4 is 0 Å². The van der Waals surface area contributed by atoms with Gasteiger partial charge >= 0.3 is 0 Å². The molecular weight excluding hydrogens is 410 g/mol. The van der Waals surface area contributed by atoms with Crippen LogP contribution in [-0.4, -0.2) is 37.4 Å². The second-order valence-electron chi connectivity index (χ2n) is 7.67. The molecule has 0 aliphatic heterocycles. The second-order valence-corrected chi connectivity index (χ2v) is 8.10. The van der Waals surface area contributed by atoms with Crippen molar-refractivity contribution in [2.24, 2.45) is 7.05 Å². The molecule has 0 aliphatic rings. The standard InChI is InChI=1S/C24H24ClN5O/c1-5-21-26-13-18(30(21)4)14-29(3)24(31)22-19-11-15(2)9-10-20(19)27-23(28-22)16-7-6-8-17(25)12-16/h6-13H,5,14H2,1-4H3. The van der Waals surface area contributed by atoms with Crippen molar-refractivity contribution >= 4 is 28.4 Å². The first-order valence-electron chi connectivity index (χ1n) is 10.2. The van der Waals surface area contributed by atoms with Crippen molar-refractivity contribution in [3.05, 3.63) is 76.5 Å². The molecule has 4 rings (SSSR count). The quantitative estimate of drug-likeness (QED) is 0.452. The fourth-order valence-electron chi connectivity index (χ4n) is 3.62. The van der Waals surface area contributed by atoms with Crippen molar-refractivity contribution in [3.8, 4) is 11.4 Å².